The molecule has 6 aromatic rings. The Balaban J connectivity index is 0.666. The van der Waals surface area contributed by atoms with Crippen molar-refractivity contribution in [2.75, 3.05) is 84.8 Å². The number of ketones is 1. The molecule has 0 aromatic heterocycles. The van der Waals surface area contributed by atoms with Gasteiger partial charge in [0.25, 0.3) is 11.8 Å². The largest absolute Gasteiger partial charge is 0.508 e. The Morgan fingerprint density at radius 2 is 1.25 bits per heavy atom. The van der Waals surface area contributed by atoms with Gasteiger partial charge in [-0.05, 0) is 153 Å². The van der Waals surface area contributed by atoms with Gasteiger partial charge in [-0.25, -0.2) is 14.4 Å². The molecule has 0 bridgehead atoms. The van der Waals surface area contributed by atoms with Gasteiger partial charge in [-0.3, -0.25) is 24.0 Å². The molecule has 6 aromatic carbocycles. The molecule has 1 spiro atoms. The van der Waals surface area contributed by atoms with Crippen molar-refractivity contribution in [1.82, 2.24) is 31.9 Å². The third-order valence-electron chi connectivity index (χ3n) is 16.5. The topological polar surface area (TPSA) is 402 Å². The van der Waals surface area contributed by atoms with Crippen LogP contribution < -0.4 is 46.3 Å². The SMILES string of the molecule is C=C(CNC(=O)CCCCCCC(=O)c1ccc2c(c1)C(=O)OC21c2ccc(O)cc2Oc2cc(O)ccc21)COC(=O)NCCCCC(NC(=O)OCCOC(COc1cccc(C(=O)NCCNC(=O)c2ccc(N=Nc3ccc(N(C)C)cc3)cc2)c1)N=[N+]=[N-])C(=O)NCCCCCCO. The normalized spacial score (nSPS) is 12.7. The Kier molecular flexibility index (Phi) is 29.6. The summed E-state index contributed by atoms with van der Waals surface area (Å²) < 4.78 is 34.1. The Labute approximate surface area is 595 Å². The van der Waals surface area contributed by atoms with E-state index < -0.39 is 47.8 Å². The van der Waals surface area contributed by atoms with Crippen molar-refractivity contribution in [2.45, 2.75) is 101 Å². The number of amides is 6. The van der Waals surface area contributed by atoms with Crippen LogP contribution in [0.1, 0.15) is 142 Å². The van der Waals surface area contributed by atoms with Crippen molar-refractivity contribution < 1.29 is 82.1 Å². The summed E-state index contributed by atoms with van der Waals surface area (Å²) in [4.78, 5) is 109. The van der Waals surface area contributed by atoms with Crippen LogP contribution >= 0.6 is 0 Å². The zero-order valence-electron chi connectivity index (χ0n) is 57.5. The van der Waals surface area contributed by atoms with Gasteiger partial charge in [0.15, 0.2) is 17.6 Å². The first kappa shape index (κ1) is 77.2. The molecule has 0 radical (unpaired) electrons. The van der Waals surface area contributed by atoms with Gasteiger partial charge in [0.05, 0.1) is 23.5 Å². The van der Waals surface area contributed by atoms with E-state index in [-0.39, 0.29) is 136 Å². The Morgan fingerprint density at radius 3 is 1.93 bits per heavy atom. The number of aliphatic hydroxyl groups excluding tert-OH is 1. The maximum atomic E-state index is 13.5. The lowest BCUT2D eigenvalue weighted by molar-refractivity contribution is -0.123. The second kappa shape index (κ2) is 39.4. The second-order valence-corrected chi connectivity index (χ2v) is 24.5. The van der Waals surface area contributed by atoms with Crippen LogP contribution in [0.2, 0.25) is 0 Å². The van der Waals surface area contributed by atoms with Crippen LogP contribution in [0.25, 0.3) is 10.4 Å². The van der Waals surface area contributed by atoms with E-state index in [0.29, 0.717) is 103 Å². The fraction of sp³-hybridized carbons (Fsp3) is 0.378. The number of rotatable bonds is 41. The highest BCUT2D eigenvalue weighted by molar-refractivity contribution is 6.02. The zero-order chi connectivity index (χ0) is 73.5. The number of unbranched alkanes of at least 4 members (excludes halogenated alkanes) is 7. The molecule has 2 aliphatic rings. The number of esters is 1. The number of hydrogen-bond acceptors (Lipinski definition) is 21. The van der Waals surface area contributed by atoms with Gasteiger partial charge < -0.3 is 80.5 Å². The van der Waals surface area contributed by atoms with Crippen molar-refractivity contribution in [3.63, 3.8) is 0 Å². The summed E-state index contributed by atoms with van der Waals surface area (Å²) in [5.74, 6) is -1.61. The summed E-state index contributed by atoms with van der Waals surface area (Å²) in [6.45, 7) is 3.85. The number of ether oxygens (including phenoxy) is 6. The first-order valence-electron chi connectivity index (χ1n) is 34.0. The number of alkyl carbamates (subject to hydrolysis) is 2. The van der Waals surface area contributed by atoms with E-state index in [1.165, 1.54) is 36.4 Å². The van der Waals surface area contributed by atoms with E-state index >= 15 is 0 Å². The van der Waals surface area contributed by atoms with Crippen LogP contribution in [0.15, 0.2) is 155 Å². The molecule has 2 unspecified atom stereocenters. The number of azo groups is 1. The molecule has 29 nitrogen and oxygen atoms in total. The van der Waals surface area contributed by atoms with Gasteiger partial charge in [0, 0.05) is 122 Å². The van der Waals surface area contributed by atoms with Gasteiger partial charge >= 0.3 is 18.2 Å². The average Bonchev–Trinajstić information content (AvgIpc) is 1.59. The fourth-order valence-electron chi connectivity index (χ4n) is 11.1. The number of azide groups is 1. The number of fused-ring (bicyclic) bond motifs is 6. The van der Waals surface area contributed by atoms with Crippen LogP contribution in [0.4, 0.5) is 26.7 Å². The minimum atomic E-state index is -1.44. The van der Waals surface area contributed by atoms with Crippen LogP contribution in [0.5, 0.6) is 28.7 Å². The lowest BCUT2D eigenvalue weighted by Crippen LogP contribution is -2.47. The molecule has 0 fully saturated rings. The van der Waals surface area contributed by atoms with Gasteiger partial charge in [0.1, 0.15) is 54.6 Å². The van der Waals surface area contributed by atoms with Crippen LogP contribution in [0, 0.1) is 0 Å². The standard InChI is InChI=1S/C74H86N12O17/c1-48(45-80-66(91)19-9-5-4-8-18-63(90)50-22-31-59-58(42-50)71(95)103-74(59)60-32-29-55(88)43-64(60)102-65-44-56(89)30-33-61(65)74)46-101-72(96)79-35-12-10-17-62(70(94)76-34-11-6-7-13-38-87)81-73(97)99-40-39-98-67(84-85-75)47-100-57-16-14-15-51(41-57)69(93)78-37-36-77-68(92)49-20-23-52(24-21-49)82-83-53-25-27-54(28-26-53)86(2)3/h14-16,20-33,41-44,62,67,87-89H,1,4-13,17-19,34-40,45-47H2,2-3H3,(H,76,94)(H,77,92)(H,78,93)(H,79,96)(H,80,91)(H,81,97). The minimum absolute atomic E-state index is 0.0637. The summed E-state index contributed by atoms with van der Waals surface area (Å²) in [5.41, 5.74) is 13.2. The summed E-state index contributed by atoms with van der Waals surface area (Å²) >= 11 is 0. The number of carbonyl (C=O) groups is 8. The van der Waals surface area contributed by atoms with E-state index in [0.717, 1.165) is 18.5 Å². The maximum absolute atomic E-state index is 13.5. The smallest absolute Gasteiger partial charge is 0.407 e. The number of aliphatic hydroxyl groups is 1. The molecular formula is C74H86N12O17. The number of carbonyl (C=O) groups excluding carboxylic acids is 8. The summed E-state index contributed by atoms with van der Waals surface area (Å²) in [6, 6.07) is 33.3. The number of hydrogen-bond donors (Lipinski definition) is 9. The monoisotopic (exact) mass is 1410 g/mol. The lowest BCUT2D eigenvalue weighted by Gasteiger charge is -2.36. The first-order chi connectivity index (χ1) is 49.8. The van der Waals surface area contributed by atoms with E-state index in [1.807, 2.05) is 43.3 Å². The molecule has 8 rings (SSSR count). The van der Waals surface area contributed by atoms with Gasteiger partial charge in [0.2, 0.25) is 11.8 Å². The molecule has 9 N–H and O–H groups in total. The zero-order valence-corrected chi connectivity index (χ0v) is 57.5. The van der Waals surface area contributed by atoms with E-state index in [4.69, 9.17) is 33.5 Å². The van der Waals surface area contributed by atoms with Gasteiger partial charge in [-0.2, -0.15) is 10.2 Å². The number of phenols is 2. The minimum Gasteiger partial charge on any atom is -0.508 e. The number of Topliss-reactive ketones (excluding diaryl/α,β-unsaturated/α-hetero) is 1. The number of benzene rings is 6. The molecule has 2 aliphatic heterocycles. The highest BCUT2D eigenvalue weighted by atomic mass is 16.6. The van der Waals surface area contributed by atoms with Crippen molar-refractivity contribution in [3.05, 3.63) is 189 Å². The number of nitrogens with one attached hydrogen (secondary N) is 6. The van der Waals surface area contributed by atoms with E-state index in [1.54, 1.807) is 66.7 Å². The highest BCUT2D eigenvalue weighted by Gasteiger charge is 2.54. The predicted octanol–water partition coefficient (Wildman–Crippen LogP) is 10.9. The summed E-state index contributed by atoms with van der Waals surface area (Å²) in [7, 11) is 3.90. The third kappa shape index (κ3) is 23.3. The maximum Gasteiger partial charge on any atom is 0.407 e. The molecule has 2 heterocycles. The van der Waals surface area contributed by atoms with Crippen molar-refractivity contribution >= 4 is 64.6 Å². The number of aromatic hydroxyl groups is 2. The highest BCUT2D eigenvalue weighted by Crippen LogP contribution is 2.57. The quantitative estimate of drug-likeness (QED) is 0.00252. The predicted molar refractivity (Wildman–Crippen MR) is 379 cm³/mol. The molecular weight excluding hydrogens is 1330 g/mol. The molecule has 103 heavy (non-hydrogen) atoms. The fourth-order valence-corrected chi connectivity index (χ4v) is 11.1. The molecule has 29 heteroatoms. The van der Waals surface area contributed by atoms with Crippen molar-refractivity contribution in [1.29, 1.82) is 0 Å². The van der Waals surface area contributed by atoms with Gasteiger partial charge in [-0.15, -0.1) is 0 Å². The van der Waals surface area contributed by atoms with E-state index in [9.17, 15) is 54.1 Å². The number of nitrogens with zero attached hydrogens (tertiary/aromatic N) is 6. The van der Waals surface area contributed by atoms with Crippen LogP contribution in [0.3, 0.4) is 0 Å². The van der Waals surface area contributed by atoms with Gasteiger partial charge in [-0.1, -0.05) is 55.6 Å². The van der Waals surface area contributed by atoms with E-state index in [2.05, 4.69) is 58.7 Å². The molecule has 0 saturated carbocycles. The second-order valence-electron chi connectivity index (χ2n) is 24.5. The Hall–Kier alpha value is -11.6. The average molecular weight is 1420 g/mol. The molecule has 544 valence electrons. The number of anilines is 1. The molecule has 0 aliphatic carbocycles. The molecule has 0 saturated heterocycles. The lowest BCUT2D eigenvalue weighted by atomic mass is 9.77. The Morgan fingerprint density at radius 1 is 0.631 bits per heavy atom. The summed E-state index contributed by atoms with van der Waals surface area (Å²) in [6.07, 6.45) is 3.94. The molecule has 2 atom stereocenters. The summed E-state index contributed by atoms with van der Waals surface area (Å²) in [5, 5.41) is 57.9. The van der Waals surface area contributed by atoms with Crippen molar-refractivity contribution in [3.8, 4) is 28.7 Å². The Bertz CT molecular complexity index is 3980. The van der Waals surface area contributed by atoms with Crippen molar-refractivity contribution in [2.24, 2.45) is 15.3 Å². The third-order valence-corrected chi connectivity index (χ3v) is 16.5. The van der Waals surface area contributed by atoms with Crippen LogP contribution in [-0.4, -0.2) is 155 Å². The first-order valence-corrected chi connectivity index (χ1v) is 34.0. The number of phenolic OH excluding ortho intramolecular Hbond substituents is 2. The van der Waals surface area contributed by atoms with Crippen LogP contribution in [-0.2, 0) is 34.1 Å². The molecule has 6 amide bonds.